The van der Waals surface area contributed by atoms with E-state index in [1.807, 2.05) is 55.6 Å². The Hall–Kier alpha value is -4.90. The van der Waals surface area contributed by atoms with Gasteiger partial charge >= 0.3 is 0 Å². The van der Waals surface area contributed by atoms with E-state index in [-0.39, 0.29) is 11.9 Å². The SMILES string of the molecule is Cc1cccc(-c2nc(Nc3ccnc(Nc4ccc(C(=O)NC5CCNCC5)cc4)n3)c3cccn3n2)n1. The van der Waals surface area contributed by atoms with E-state index < -0.39 is 0 Å². The van der Waals surface area contributed by atoms with Gasteiger partial charge in [-0.2, -0.15) is 4.98 Å². The van der Waals surface area contributed by atoms with E-state index in [1.54, 1.807) is 28.9 Å². The van der Waals surface area contributed by atoms with Crippen molar-refractivity contribution in [3.8, 4) is 11.5 Å². The van der Waals surface area contributed by atoms with Crippen molar-refractivity contribution in [2.24, 2.45) is 0 Å². The van der Waals surface area contributed by atoms with E-state index in [1.165, 1.54) is 0 Å². The zero-order valence-electron chi connectivity index (χ0n) is 21.4. The van der Waals surface area contributed by atoms with Crippen LogP contribution in [0.2, 0.25) is 0 Å². The molecule has 5 heterocycles. The maximum Gasteiger partial charge on any atom is 0.251 e. The summed E-state index contributed by atoms with van der Waals surface area (Å²) in [7, 11) is 0. The number of carbonyl (C=O) groups is 1. The van der Waals surface area contributed by atoms with Crippen molar-refractivity contribution in [3.63, 3.8) is 0 Å². The van der Waals surface area contributed by atoms with Gasteiger partial charge in [-0.25, -0.2) is 19.5 Å². The summed E-state index contributed by atoms with van der Waals surface area (Å²) >= 11 is 0. The number of aromatic nitrogens is 6. The summed E-state index contributed by atoms with van der Waals surface area (Å²) in [6, 6.07) is 18.9. The van der Waals surface area contributed by atoms with Gasteiger partial charge in [0.1, 0.15) is 17.0 Å². The highest BCUT2D eigenvalue weighted by molar-refractivity contribution is 5.94. The van der Waals surface area contributed by atoms with Gasteiger partial charge in [-0.05, 0) is 87.5 Å². The molecule has 11 nitrogen and oxygen atoms in total. The van der Waals surface area contributed by atoms with Crippen LogP contribution in [0.25, 0.3) is 17.0 Å². The number of amides is 1. The summed E-state index contributed by atoms with van der Waals surface area (Å²) in [5.41, 5.74) is 3.77. The van der Waals surface area contributed by atoms with Crippen LogP contribution in [0.5, 0.6) is 0 Å². The summed E-state index contributed by atoms with van der Waals surface area (Å²) in [5, 5.41) is 17.5. The quantitative estimate of drug-likeness (QED) is 0.252. The van der Waals surface area contributed by atoms with Crippen LogP contribution >= 0.6 is 0 Å². The number of hydrogen-bond acceptors (Lipinski definition) is 9. The van der Waals surface area contributed by atoms with Gasteiger partial charge in [-0.3, -0.25) is 4.79 Å². The molecule has 0 bridgehead atoms. The standard InChI is InChI=1S/C28H28N10O/c1-18-4-2-5-22(31-18)25-36-26(23-6-3-17-38(23)37-25)34-24-13-16-30-28(35-24)33-20-9-7-19(8-10-20)27(39)32-21-11-14-29-15-12-21/h2-10,13,16-17,21,29H,11-12,14-15H2,1H3,(H,32,39)(H2,30,33,34,35,36,37). The predicted molar refractivity (Wildman–Crippen MR) is 149 cm³/mol. The lowest BCUT2D eigenvalue weighted by atomic mass is 10.1. The minimum atomic E-state index is -0.0577. The van der Waals surface area contributed by atoms with E-state index in [2.05, 4.69) is 41.3 Å². The van der Waals surface area contributed by atoms with Crippen LogP contribution in [0.3, 0.4) is 0 Å². The monoisotopic (exact) mass is 520 g/mol. The van der Waals surface area contributed by atoms with Crippen molar-refractivity contribution < 1.29 is 4.79 Å². The van der Waals surface area contributed by atoms with Gasteiger partial charge in [0, 0.05) is 35.4 Å². The highest BCUT2D eigenvalue weighted by atomic mass is 16.1. The van der Waals surface area contributed by atoms with Gasteiger partial charge in [0.2, 0.25) is 11.8 Å². The number of hydrogen-bond donors (Lipinski definition) is 4. The Kier molecular flexibility index (Phi) is 6.79. The van der Waals surface area contributed by atoms with E-state index in [4.69, 9.17) is 4.98 Å². The Morgan fingerprint density at radius 2 is 1.79 bits per heavy atom. The maximum atomic E-state index is 12.6. The second-order valence-electron chi connectivity index (χ2n) is 9.38. The lowest BCUT2D eigenvalue weighted by molar-refractivity contribution is 0.0929. The molecule has 0 unspecified atom stereocenters. The van der Waals surface area contributed by atoms with Crippen molar-refractivity contribution in [2.75, 3.05) is 23.7 Å². The van der Waals surface area contributed by atoms with Crippen LogP contribution in [0, 0.1) is 6.92 Å². The first kappa shape index (κ1) is 24.4. The summed E-state index contributed by atoms with van der Waals surface area (Å²) in [6.45, 7) is 3.80. The molecule has 39 heavy (non-hydrogen) atoms. The average molecular weight is 521 g/mol. The van der Waals surface area contributed by atoms with Gasteiger partial charge in [-0.15, -0.1) is 5.10 Å². The highest BCUT2D eigenvalue weighted by Crippen LogP contribution is 2.23. The zero-order valence-corrected chi connectivity index (χ0v) is 21.4. The molecular formula is C28H28N10O. The second kappa shape index (κ2) is 10.8. The number of rotatable bonds is 7. The number of benzene rings is 1. The fraction of sp³-hybridized carbons (Fsp3) is 0.214. The fourth-order valence-corrected chi connectivity index (χ4v) is 4.48. The van der Waals surface area contributed by atoms with Gasteiger partial charge in [0.15, 0.2) is 5.82 Å². The smallest absolute Gasteiger partial charge is 0.251 e. The van der Waals surface area contributed by atoms with Crippen molar-refractivity contribution in [3.05, 3.63) is 84.3 Å². The van der Waals surface area contributed by atoms with Crippen LogP contribution in [0.4, 0.5) is 23.3 Å². The number of piperidine rings is 1. The van der Waals surface area contributed by atoms with E-state index in [0.717, 1.165) is 42.8 Å². The van der Waals surface area contributed by atoms with E-state index in [0.29, 0.717) is 34.7 Å². The normalized spacial score (nSPS) is 13.8. The molecule has 0 radical (unpaired) electrons. The Morgan fingerprint density at radius 3 is 2.62 bits per heavy atom. The molecule has 0 atom stereocenters. The van der Waals surface area contributed by atoms with Crippen molar-refractivity contribution in [1.29, 1.82) is 0 Å². The largest absolute Gasteiger partial charge is 0.349 e. The third-order valence-corrected chi connectivity index (χ3v) is 6.49. The van der Waals surface area contributed by atoms with Crippen molar-refractivity contribution >= 4 is 34.7 Å². The van der Waals surface area contributed by atoms with Crippen molar-refractivity contribution in [2.45, 2.75) is 25.8 Å². The van der Waals surface area contributed by atoms with Gasteiger partial charge < -0.3 is 21.3 Å². The Labute approximate surface area is 225 Å². The summed E-state index contributed by atoms with van der Waals surface area (Å²) in [5.74, 6) is 2.02. The predicted octanol–water partition coefficient (Wildman–Crippen LogP) is 3.86. The Morgan fingerprint density at radius 1 is 0.949 bits per heavy atom. The number of carbonyl (C=O) groups excluding carboxylic acids is 1. The van der Waals surface area contributed by atoms with Crippen LogP contribution < -0.4 is 21.3 Å². The van der Waals surface area contributed by atoms with Crippen LogP contribution in [-0.2, 0) is 0 Å². The minimum Gasteiger partial charge on any atom is -0.349 e. The van der Waals surface area contributed by atoms with Gasteiger partial charge in [-0.1, -0.05) is 6.07 Å². The molecule has 1 amide bonds. The zero-order chi connectivity index (χ0) is 26.6. The van der Waals surface area contributed by atoms with Gasteiger partial charge in [0.25, 0.3) is 5.91 Å². The molecule has 4 aromatic heterocycles. The molecule has 0 spiro atoms. The maximum absolute atomic E-state index is 12.6. The summed E-state index contributed by atoms with van der Waals surface area (Å²) in [6.07, 6.45) is 5.42. The lowest BCUT2D eigenvalue weighted by Gasteiger charge is -2.23. The first-order valence-electron chi connectivity index (χ1n) is 12.9. The number of pyridine rings is 1. The van der Waals surface area contributed by atoms with Gasteiger partial charge in [0.05, 0.1) is 0 Å². The number of nitrogens with zero attached hydrogens (tertiary/aromatic N) is 6. The number of anilines is 4. The molecule has 1 aliphatic heterocycles. The van der Waals surface area contributed by atoms with Crippen LogP contribution in [0.15, 0.2) is 73.1 Å². The molecule has 0 saturated carbocycles. The second-order valence-corrected chi connectivity index (χ2v) is 9.38. The Bertz CT molecular complexity index is 1610. The molecule has 1 aromatic carbocycles. The molecular weight excluding hydrogens is 492 g/mol. The summed E-state index contributed by atoms with van der Waals surface area (Å²) < 4.78 is 1.76. The summed E-state index contributed by atoms with van der Waals surface area (Å²) in [4.78, 5) is 30.8. The average Bonchev–Trinajstić information content (AvgIpc) is 3.44. The van der Waals surface area contributed by atoms with Crippen LogP contribution in [-0.4, -0.2) is 54.6 Å². The first-order valence-corrected chi connectivity index (χ1v) is 12.9. The Balaban J connectivity index is 1.17. The minimum absolute atomic E-state index is 0.0577. The molecule has 5 aromatic rings. The third-order valence-electron chi connectivity index (χ3n) is 6.49. The molecule has 1 saturated heterocycles. The highest BCUT2D eigenvalue weighted by Gasteiger charge is 2.16. The number of fused-ring (bicyclic) bond motifs is 1. The molecule has 1 fully saturated rings. The molecule has 1 aliphatic rings. The fourth-order valence-electron chi connectivity index (χ4n) is 4.48. The molecule has 196 valence electrons. The van der Waals surface area contributed by atoms with Crippen LogP contribution in [0.1, 0.15) is 28.9 Å². The number of aryl methyl sites for hydroxylation is 1. The van der Waals surface area contributed by atoms with E-state index >= 15 is 0 Å². The third kappa shape index (κ3) is 5.68. The molecule has 4 N–H and O–H groups in total. The molecule has 0 aliphatic carbocycles. The van der Waals surface area contributed by atoms with Crippen molar-refractivity contribution in [1.82, 2.24) is 40.2 Å². The molecule has 6 rings (SSSR count). The number of nitrogens with one attached hydrogen (secondary N) is 4. The molecule has 11 heteroatoms. The van der Waals surface area contributed by atoms with E-state index in [9.17, 15) is 4.79 Å². The topological polar surface area (TPSA) is 134 Å². The first-order chi connectivity index (χ1) is 19.1. The lowest BCUT2D eigenvalue weighted by Crippen LogP contribution is -2.42.